The highest BCUT2D eigenvalue weighted by molar-refractivity contribution is 9.10. The zero-order valence-corrected chi connectivity index (χ0v) is 14.5. The highest BCUT2D eigenvalue weighted by Gasteiger charge is 2.13. The monoisotopic (exact) mass is 371 g/mol. The maximum Gasteiger partial charge on any atom is 0.254 e. The number of piperazine rings is 1. The maximum absolute atomic E-state index is 13.6. The summed E-state index contributed by atoms with van der Waals surface area (Å²) in [6, 6.07) is 4.48. The maximum atomic E-state index is 13.6. The van der Waals surface area contributed by atoms with E-state index in [1.165, 1.54) is 12.1 Å². The summed E-state index contributed by atoms with van der Waals surface area (Å²) in [6.07, 6.45) is 1.96. The molecule has 122 valence electrons. The van der Waals surface area contributed by atoms with E-state index in [0.29, 0.717) is 11.0 Å². The summed E-state index contributed by atoms with van der Waals surface area (Å²) >= 11 is 3.18. The molecule has 0 bridgehead atoms. The molecule has 0 radical (unpaired) electrons. The Morgan fingerprint density at radius 2 is 2.00 bits per heavy atom. The molecular formula is C16H23BrFN3O. The van der Waals surface area contributed by atoms with Gasteiger partial charge in [-0.3, -0.25) is 4.79 Å². The largest absolute Gasteiger partial charge is 0.352 e. The summed E-state index contributed by atoms with van der Waals surface area (Å²) in [5, 5.41) is 2.78. The van der Waals surface area contributed by atoms with E-state index in [2.05, 4.69) is 38.1 Å². The van der Waals surface area contributed by atoms with E-state index in [-0.39, 0.29) is 11.5 Å². The van der Waals surface area contributed by atoms with Crippen molar-refractivity contribution < 1.29 is 9.18 Å². The Hall–Kier alpha value is -0.980. The van der Waals surface area contributed by atoms with Crippen molar-refractivity contribution in [3.05, 3.63) is 34.1 Å². The number of carbonyl (C=O) groups is 1. The van der Waals surface area contributed by atoms with Crippen LogP contribution < -0.4 is 5.32 Å². The van der Waals surface area contributed by atoms with Gasteiger partial charge in [-0.15, -0.1) is 0 Å². The molecule has 1 heterocycles. The Bertz CT molecular complexity index is 504. The first-order valence-electron chi connectivity index (χ1n) is 7.70. The molecule has 0 saturated carbocycles. The molecule has 1 N–H and O–H groups in total. The average molecular weight is 372 g/mol. The lowest BCUT2D eigenvalue weighted by molar-refractivity contribution is 0.0948. The number of unbranched alkanes of at least 4 members (excludes halogenated alkanes) is 1. The molecule has 1 amide bonds. The van der Waals surface area contributed by atoms with Gasteiger partial charge in [0.2, 0.25) is 0 Å². The number of likely N-dealkylation sites (N-methyl/N-ethyl adjacent to an activating group) is 1. The average Bonchev–Trinajstić information content (AvgIpc) is 2.48. The van der Waals surface area contributed by atoms with Crippen molar-refractivity contribution in [3.63, 3.8) is 0 Å². The van der Waals surface area contributed by atoms with Gasteiger partial charge in [-0.05, 0) is 44.6 Å². The molecule has 1 saturated heterocycles. The van der Waals surface area contributed by atoms with Crippen molar-refractivity contribution in [1.82, 2.24) is 15.1 Å². The number of hydrogen-bond donors (Lipinski definition) is 1. The van der Waals surface area contributed by atoms with Gasteiger partial charge in [0, 0.05) is 37.2 Å². The molecule has 1 aromatic rings. The van der Waals surface area contributed by atoms with Gasteiger partial charge in [0.05, 0.1) is 5.56 Å². The van der Waals surface area contributed by atoms with E-state index in [0.717, 1.165) is 45.6 Å². The normalized spacial score (nSPS) is 16.7. The summed E-state index contributed by atoms with van der Waals surface area (Å²) in [4.78, 5) is 16.7. The van der Waals surface area contributed by atoms with Gasteiger partial charge in [-0.1, -0.05) is 15.9 Å². The molecule has 2 rings (SSSR count). The van der Waals surface area contributed by atoms with Crippen LogP contribution in [0.15, 0.2) is 22.7 Å². The van der Waals surface area contributed by atoms with Crippen LogP contribution in [0.2, 0.25) is 0 Å². The highest BCUT2D eigenvalue weighted by Crippen LogP contribution is 2.15. The standard InChI is InChI=1S/C16H23BrFN3O/c1-20-8-10-21(11-9-20)7-3-2-6-19-16(22)14-5-4-13(17)12-15(14)18/h4-5,12H,2-3,6-11H2,1H3,(H,19,22). The van der Waals surface area contributed by atoms with Gasteiger partial charge in [0.1, 0.15) is 5.82 Å². The van der Waals surface area contributed by atoms with Crippen LogP contribution in [0.5, 0.6) is 0 Å². The smallest absolute Gasteiger partial charge is 0.254 e. The molecule has 1 aliphatic heterocycles. The van der Waals surface area contributed by atoms with Crippen LogP contribution in [0.3, 0.4) is 0 Å². The fraction of sp³-hybridized carbons (Fsp3) is 0.562. The molecule has 0 aliphatic carbocycles. The van der Waals surface area contributed by atoms with Crippen molar-refractivity contribution >= 4 is 21.8 Å². The Morgan fingerprint density at radius 1 is 1.27 bits per heavy atom. The molecule has 0 unspecified atom stereocenters. The van der Waals surface area contributed by atoms with Gasteiger partial charge in [-0.25, -0.2) is 4.39 Å². The number of nitrogens with zero attached hydrogens (tertiary/aromatic N) is 2. The number of hydrogen-bond acceptors (Lipinski definition) is 3. The Kier molecular flexibility index (Phi) is 6.79. The second-order valence-electron chi connectivity index (χ2n) is 5.73. The summed E-state index contributed by atoms with van der Waals surface area (Å²) in [6.45, 7) is 6.14. The lowest BCUT2D eigenvalue weighted by Gasteiger charge is -2.32. The molecule has 4 nitrogen and oxygen atoms in total. The topological polar surface area (TPSA) is 35.6 Å². The Morgan fingerprint density at radius 3 is 2.68 bits per heavy atom. The minimum absolute atomic E-state index is 0.0993. The van der Waals surface area contributed by atoms with E-state index in [1.807, 2.05) is 0 Å². The van der Waals surface area contributed by atoms with Gasteiger partial charge < -0.3 is 15.1 Å². The van der Waals surface area contributed by atoms with Crippen LogP contribution in [-0.2, 0) is 0 Å². The Labute approximate surface area is 139 Å². The second kappa shape index (κ2) is 8.60. The minimum Gasteiger partial charge on any atom is -0.352 e. The van der Waals surface area contributed by atoms with Crippen LogP contribution in [0, 0.1) is 5.82 Å². The van der Waals surface area contributed by atoms with E-state index in [1.54, 1.807) is 6.07 Å². The van der Waals surface area contributed by atoms with Crippen molar-refractivity contribution in [1.29, 1.82) is 0 Å². The number of benzene rings is 1. The van der Waals surface area contributed by atoms with Crippen LogP contribution in [0.4, 0.5) is 4.39 Å². The summed E-state index contributed by atoms with van der Waals surface area (Å²) in [5.41, 5.74) is 0.0993. The van der Waals surface area contributed by atoms with E-state index < -0.39 is 5.82 Å². The third-order valence-electron chi connectivity index (χ3n) is 3.96. The lowest BCUT2D eigenvalue weighted by atomic mass is 10.2. The number of nitrogens with one attached hydrogen (secondary N) is 1. The molecule has 22 heavy (non-hydrogen) atoms. The molecule has 1 fully saturated rings. The van der Waals surface area contributed by atoms with Crippen LogP contribution in [0.25, 0.3) is 0 Å². The molecule has 0 aromatic heterocycles. The van der Waals surface area contributed by atoms with Crippen molar-refractivity contribution in [2.24, 2.45) is 0 Å². The van der Waals surface area contributed by atoms with Gasteiger partial charge >= 0.3 is 0 Å². The van der Waals surface area contributed by atoms with Crippen molar-refractivity contribution in [2.75, 3.05) is 46.3 Å². The first-order chi connectivity index (χ1) is 10.6. The molecule has 1 aliphatic rings. The molecule has 1 aromatic carbocycles. The number of carbonyl (C=O) groups excluding carboxylic acids is 1. The van der Waals surface area contributed by atoms with Gasteiger partial charge in [0.15, 0.2) is 0 Å². The third-order valence-corrected chi connectivity index (χ3v) is 4.45. The fourth-order valence-electron chi connectivity index (χ4n) is 2.50. The molecule has 0 atom stereocenters. The number of halogens is 2. The zero-order valence-electron chi connectivity index (χ0n) is 12.9. The fourth-order valence-corrected chi connectivity index (χ4v) is 2.84. The van der Waals surface area contributed by atoms with E-state index in [4.69, 9.17) is 0 Å². The van der Waals surface area contributed by atoms with Gasteiger partial charge in [-0.2, -0.15) is 0 Å². The summed E-state index contributed by atoms with van der Waals surface area (Å²) in [5.74, 6) is -0.839. The van der Waals surface area contributed by atoms with E-state index >= 15 is 0 Å². The first kappa shape index (κ1) is 17.4. The highest BCUT2D eigenvalue weighted by atomic mass is 79.9. The zero-order chi connectivity index (χ0) is 15.9. The SMILES string of the molecule is CN1CCN(CCCCNC(=O)c2ccc(Br)cc2F)CC1. The van der Waals surface area contributed by atoms with E-state index in [9.17, 15) is 9.18 Å². The second-order valence-corrected chi connectivity index (χ2v) is 6.65. The number of rotatable bonds is 6. The minimum atomic E-state index is -0.496. The predicted octanol–water partition coefficient (Wildman–Crippen LogP) is 2.35. The van der Waals surface area contributed by atoms with Gasteiger partial charge in [0.25, 0.3) is 5.91 Å². The van der Waals surface area contributed by atoms with Crippen LogP contribution in [-0.4, -0.2) is 62.0 Å². The molecule has 0 spiro atoms. The molecule has 6 heteroatoms. The summed E-state index contributed by atoms with van der Waals surface area (Å²) in [7, 11) is 2.15. The lowest BCUT2D eigenvalue weighted by Crippen LogP contribution is -2.44. The number of amides is 1. The third kappa shape index (κ3) is 5.34. The van der Waals surface area contributed by atoms with Crippen molar-refractivity contribution in [3.8, 4) is 0 Å². The van der Waals surface area contributed by atoms with Crippen LogP contribution in [0.1, 0.15) is 23.2 Å². The first-order valence-corrected chi connectivity index (χ1v) is 8.50. The molecular weight excluding hydrogens is 349 g/mol. The van der Waals surface area contributed by atoms with Crippen molar-refractivity contribution in [2.45, 2.75) is 12.8 Å². The summed E-state index contributed by atoms with van der Waals surface area (Å²) < 4.78 is 14.3. The van der Waals surface area contributed by atoms with Crippen LogP contribution >= 0.6 is 15.9 Å². The Balaban J connectivity index is 1.63. The predicted molar refractivity (Wildman–Crippen MR) is 89.6 cm³/mol. The quantitative estimate of drug-likeness (QED) is 0.779.